The number of piperidine rings is 1. The van der Waals surface area contributed by atoms with Crippen molar-refractivity contribution in [2.24, 2.45) is 0 Å². The largest absolute Gasteiger partial charge is 0.468 e. The predicted molar refractivity (Wildman–Crippen MR) is 127 cm³/mol. The Morgan fingerprint density at radius 2 is 1.71 bits per heavy atom. The van der Waals surface area contributed by atoms with Crippen molar-refractivity contribution < 1.29 is 22.0 Å². The first-order valence-electron chi connectivity index (χ1n) is 11.3. The Labute approximate surface area is 199 Å². The first-order chi connectivity index (χ1) is 16.4. The minimum atomic E-state index is -3.83. The van der Waals surface area contributed by atoms with E-state index in [2.05, 4.69) is 14.9 Å². The second-order valence-electron chi connectivity index (χ2n) is 8.37. The number of carbonyl (C=O) groups is 1. The summed E-state index contributed by atoms with van der Waals surface area (Å²) in [6.07, 6.45) is 5.34. The molecule has 1 aliphatic heterocycles. The summed E-state index contributed by atoms with van der Waals surface area (Å²) in [5, 5.41) is 3.01. The molecule has 9 heteroatoms. The molecular formula is C25H28FN3O4S. The highest BCUT2D eigenvalue weighted by atomic mass is 32.2. The second kappa shape index (κ2) is 10.8. The Kier molecular flexibility index (Phi) is 7.64. The number of hydrogen-bond acceptors (Lipinski definition) is 5. The fourth-order valence-corrected chi connectivity index (χ4v) is 5.16. The van der Waals surface area contributed by atoms with E-state index < -0.39 is 15.8 Å². The third-order valence-corrected chi connectivity index (χ3v) is 7.29. The molecule has 0 saturated carbocycles. The summed E-state index contributed by atoms with van der Waals surface area (Å²) < 4.78 is 46.0. The summed E-state index contributed by atoms with van der Waals surface area (Å²) in [5.74, 6) is 0.223. The number of carbonyl (C=O) groups excluding carboxylic acids is 1. The lowest BCUT2D eigenvalue weighted by Gasteiger charge is -2.33. The molecule has 0 aliphatic carbocycles. The van der Waals surface area contributed by atoms with Crippen LogP contribution in [0.3, 0.4) is 0 Å². The Bertz CT molecular complexity index is 1170. The topological polar surface area (TPSA) is 91.6 Å². The van der Waals surface area contributed by atoms with E-state index in [-0.39, 0.29) is 23.3 Å². The average Bonchev–Trinajstić information content (AvgIpc) is 3.36. The van der Waals surface area contributed by atoms with Gasteiger partial charge in [0.2, 0.25) is 5.91 Å². The molecule has 2 aromatic carbocycles. The average molecular weight is 486 g/mol. The minimum Gasteiger partial charge on any atom is -0.468 e. The smallest absolute Gasteiger partial charge is 0.261 e. The number of sulfonamides is 1. The van der Waals surface area contributed by atoms with Gasteiger partial charge in [0.1, 0.15) is 11.6 Å². The maximum absolute atomic E-state index is 13.1. The molecule has 7 nitrogen and oxygen atoms in total. The van der Waals surface area contributed by atoms with Crippen molar-refractivity contribution in [3.8, 4) is 0 Å². The Morgan fingerprint density at radius 3 is 2.35 bits per heavy atom. The van der Waals surface area contributed by atoms with Crippen LogP contribution in [0.15, 0.2) is 76.2 Å². The van der Waals surface area contributed by atoms with E-state index in [9.17, 15) is 17.6 Å². The number of hydrogen-bond donors (Lipinski definition) is 2. The lowest BCUT2D eigenvalue weighted by Crippen LogP contribution is -2.40. The lowest BCUT2D eigenvalue weighted by atomic mass is 10.1. The number of nitrogens with one attached hydrogen (secondary N) is 2. The highest BCUT2D eigenvalue weighted by Gasteiger charge is 2.25. The van der Waals surface area contributed by atoms with Gasteiger partial charge in [-0.3, -0.25) is 14.4 Å². The lowest BCUT2D eigenvalue weighted by molar-refractivity contribution is -0.120. The number of halogens is 1. The molecule has 1 amide bonds. The molecule has 3 aromatic rings. The van der Waals surface area contributed by atoms with Crippen molar-refractivity contribution in [1.82, 2.24) is 10.2 Å². The van der Waals surface area contributed by atoms with Gasteiger partial charge in [0, 0.05) is 12.2 Å². The van der Waals surface area contributed by atoms with Gasteiger partial charge < -0.3 is 9.73 Å². The monoisotopic (exact) mass is 485 g/mol. The number of benzene rings is 2. The molecule has 1 aliphatic rings. The molecule has 34 heavy (non-hydrogen) atoms. The van der Waals surface area contributed by atoms with Gasteiger partial charge in [-0.1, -0.05) is 18.6 Å². The van der Waals surface area contributed by atoms with E-state index in [0.717, 1.165) is 49.4 Å². The van der Waals surface area contributed by atoms with Crippen LogP contribution in [0.4, 0.5) is 10.1 Å². The van der Waals surface area contributed by atoms with Crippen LogP contribution in [0, 0.1) is 5.82 Å². The molecule has 2 heterocycles. The third kappa shape index (κ3) is 6.24. The van der Waals surface area contributed by atoms with E-state index in [1.54, 1.807) is 30.5 Å². The zero-order valence-corrected chi connectivity index (χ0v) is 19.6. The fourth-order valence-electron chi connectivity index (χ4n) is 4.10. The van der Waals surface area contributed by atoms with Gasteiger partial charge in [0.05, 0.1) is 23.6 Å². The van der Waals surface area contributed by atoms with Gasteiger partial charge in [0.15, 0.2) is 0 Å². The van der Waals surface area contributed by atoms with Crippen LogP contribution in [0.5, 0.6) is 0 Å². The number of amides is 1. The van der Waals surface area contributed by atoms with Crippen molar-refractivity contribution >= 4 is 21.6 Å². The molecule has 180 valence electrons. The van der Waals surface area contributed by atoms with Crippen molar-refractivity contribution in [3.05, 3.63) is 84.1 Å². The third-order valence-electron chi connectivity index (χ3n) is 5.89. The van der Waals surface area contributed by atoms with E-state index in [0.29, 0.717) is 12.2 Å². The molecule has 2 N–H and O–H groups in total. The predicted octanol–water partition coefficient (Wildman–Crippen LogP) is 4.11. The summed E-state index contributed by atoms with van der Waals surface area (Å²) in [5.41, 5.74) is 1.12. The van der Waals surface area contributed by atoms with E-state index in [4.69, 9.17) is 4.42 Å². The van der Waals surface area contributed by atoms with E-state index >= 15 is 0 Å². The van der Waals surface area contributed by atoms with Gasteiger partial charge >= 0.3 is 0 Å². The van der Waals surface area contributed by atoms with Crippen LogP contribution in [0.1, 0.15) is 36.6 Å². The van der Waals surface area contributed by atoms with Crippen molar-refractivity contribution in [2.45, 2.75) is 36.6 Å². The number of nitrogens with zero attached hydrogens (tertiary/aromatic N) is 1. The highest BCUT2D eigenvalue weighted by Crippen LogP contribution is 2.24. The maximum atomic E-state index is 13.1. The zero-order valence-electron chi connectivity index (χ0n) is 18.7. The Hall–Kier alpha value is -3.17. The molecule has 1 saturated heterocycles. The number of likely N-dealkylation sites (tertiary alicyclic amines) is 1. The first kappa shape index (κ1) is 24.0. The molecule has 0 bridgehead atoms. The number of furan rings is 1. The van der Waals surface area contributed by atoms with Crippen LogP contribution in [-0.4, -0.2) is 38.9 Å². The van der Waals surface area contributed by atoms with E-state index in [1.807, 2.05) is 12.1 Å². The summed E-state index contributed by atoms with van der Waals surface area (Å²) in [6, 6.07) is 15.0. The normalized spacial score (nSPS) is 15.6. The number of rotatable bonds is 9. The maximum Gasteiger partial charge on any atom is 0.261 e. The highest BCUT2D eigenvalue weighted by molar-refractivity contribution is 7.92. The first-order valence-corrected chi connectivity index (χ1v) is 12.8. The minimum absolute atomic E-state index is 0.00231. The van der Waals surface area contributed by atoms with Gasteiger partial charge in [-0.2, -0.15) is 0 Å². The molecule has 0 radical (unpaired) electrons. The molecule has 1 unspecified atom stereocenters. The summed E-state index contributed by atoms with van der Waals surface area (Å²) in [7, 11) is -3.83. The molecule has 0 spiro atoms. The zero-order chi connectivity index (χ0) is 24.0. The van der Waals surface area contributed by atoms with Crippen molar-refractivity contribution in [2.75, 3.05) is 24.4 Å². The Balaban J connectivity index is 1.33. The van der Waals surface area contributed by atoms with Crippen LogP contribution < -0.4 is 10.0 Å². The molecule has 1 atom stereocenters. The van der Waals surface area contributed by atoms with Gasteiger partial charge in [-0.15, -0.1) is 0 Å². The quantitative estimate of drug-likeness (QED) is 0.476. The Morgan fingerprint density at radius 1 is 1.00 bits per heavy atom. The van der Waals surface area contributed by atoms with Crippen molar-refractivity contribution in [1.29, 1.82) is 0 Å². The van der Waals surface area contributed by atoms with Crippen molar-refractivity contribution in [3.63, 3.8) is 0 Å². The van der Waals surface area contributed by atoms with Gasteiger partial charge in [-0.25, -0.2) is 12.8 Å². The molecular weight excluding hydrogens is 457 g/mol. The summed E-state index contributed by atoms with van der Waals surface area (Å²) in [6.45, 7) is 2.43. The summed E-state index contributed by atoms with van der Waals surface area (Å²) in [4.78, 5) is 14.9. The van der Waals surface area contributed by atoms with Crippen LogP contribution in [0.2, 0.25) is 0 Å². The van der Waals surface area contributed by atoms with Gasteiger partial charge in [-0.05, 0) is 80.0 Å². The van der Waals surface area contributed by atoms with Crippen LogP contribution in [-0.2, 0) is 21.2 Å². The summed E-state index contributed by atoms with van der Waals surface area (Å²) >= 11 is 0. The van der Waals surface area contributed by atoms with E-state index in [1.165, 1.54) is 18.6 Å². The second-order valence-corrected chi connectivity index (χ2v) is 10.0. The molecule has 1 aromatic heterocycles. The van der Waals surface area contributed by atoms with Crippen LogP contribution in [0.25, 0.3) is 0 Å². The molecule has 4 rings (SSSR count). The molecule has 1 fully saturated rings. The SMILES string of the molecule is O=C(Cc1ccc(NS(=O)(=O)c2ccc(F)cc2)cc1)NCC(c1ccco1)N1CCCCC1. The standard InChI is InChI=1S/C25H28FN3O4S/c26-20-8-12-22(13-9-20)34(31,32)28-21-10-6-19(7-11-21)17-25(30)27-18-23(24-5-4-16-33-24)29-14-2-1-3-15-29/h4-13,16,23,28H,1-3,14-15,17-18H2,(H,27,30). The van der Waals surface area contributed by atoms with Gasteiger partial charge in [0.25, 0.3) is 10.0 Å². The van der Waals surface area contributed by atoms with Crippen LogP contribution >= 0.6 is 0 Å². The fraction of sp³-hybridized carbons (Fsp3) is 0.320. The number of anilines is 1.